The fourth-order valence-corrected chi connectivity index (χ4v) is 3.72. The summed E-state index contributed by atoms with van der Waals surface area (Å²) >= 11 is 0.934. The summed E-state index contributed by atoms with van der Waals surface area (Å²) < 4.78 is 15.8. The van der Waals surface area contributed by atoms with Gasteiger partial charge < -0.3 is 25.3 Å². The summed E-state index contributed by atoms with van der Waals surface area (Å²) in [5, 5.41) is 2.83. The fourth-order valence-electron chi connectivity index (χ4n) is 2.67. The molecule has 0 atom stereocenters. The molecule has 1 heterocycles. The zero-order valence-electron chi connectivity index (χ0n) is 17.2. The van der Waals surface area contributed by atoms with Crippen molar-refractivity contribution in [2.24, 2.45) is 5.73 Å². The summed E-state index contributed by atoms with van der Waals surface area (Å²) in [4.78, 5) is 36.5. The quantitative estimate of drug-likeness (QED) is 0.463. The van der Waals surface area contributed by atoms with E-state index in [0.717, 1.165) is 16.9 Å². The normalized spacial score (nSPS) is 10.7. The molecule has 30 heavy (non-hydrogen) atoms. The van der Waals surface area contributed by atoms with Gasteiger partial charge in [-0.1, -0.05) is 6.07 Å². The van der Waals surface area contributed by atoms with Gasteiger partial charge in [-0.25, -0.2) is 4.79 Å². The third-order valence-corrected chi connectivity index (χ3v) is 5.22. The van der Waals surface area contributed by atoms with E-state index in [1.807, 2.05) is 6.92 Å². The monoisotopic (exact) mass is 432 g/mol. The predicted molar refractivity (Wildman–Crippen MR) is 115 cm³/mol. The van der Waals surface area contributed by atoms with Crippen LogP contribution in [0.5, 0.6) is 11.5 Å². The smallest absolute Gasteiger partial charge is 0.341 e. The van der Waals surface area contributed by atoms with E-state index in [0.29, 0.717) is 23.7 Å². The molecule has 1 aromatic carbocycles. The van der Waals surface area contributed by atoms with Crippen LogP contribution < -0.4 is 20.5 Å². The number of nitrogens with two attached hydrogens (primary N) is 1. The van der Waals surface area contributed by atoms with Crippen molar-refractivity contribution in [1.82, 2.24) is 0 Å². The number of carbonyl (C=O) groups excluding carboxylic acids is 3. The van der Waals surface area contributed by atoms with E-state index in [2.05, 4.69) is 5.32 Å². The Morgan fingerprint density at radius 1 is 1.17 bits per heavy atom. The number of anilines is 1. The van der Waals surface area contributed by atoms with Crippen LogP contribution in [-0.4, -0.2) is 38.1 Å². The molecule has 160 valence electrons. The topological polar surface area (TPSA) is 117 Å². The summed E-state index contributed by atoms with van der Waals surface area (Å²) in [5.41, 5.74) is 6.59. The number of hydrogen-bond donors (Lipinski definition) is 2. The Hall–Kier alpha value is -3.33. The number of ether oxygens (including phenoxy) is 3. The van der Waals surface area contributed by atoms with Crippen molar-refractivity contribution in [2.75, 3.05) is 25.6 Å². The van der Waals surface area contributed by atoms with Crippen molar-refractivity contribution in [1.29, 1.82) is 0 Å². The fraction of sp³-hybridized carbons (Fsp3) is 0.286. The number of thiophene rings is 1. The second-order valence-corrected chi connectivity index (χ2v) is 7.03. The number of hydrogen-bond acceptors (Lipinski definition) is 7. The van der Waals surface area contributed by atoms with Crippen LogP contribution in [0.2, 0.25) is 0 Å². The summed E-state index contributed by atoms with van der Waals surface area (Å²) in [7, 11) is 1.53. The van der Waals surface area contributed by atoms with Crippen LogP contribution in [-0.2, 0) is 9.53 Å². The molecule has 0 radical (unpaired) electrons. The van der Waals surface area contributed by atoms with Gasteiger partial charge in [0.2, 0.25) is 5.91 Å². The lowest BCUT2D eigenvalue weighted by atomic mass is 10.1. The molecule has 0 aliphatic rings. The van der Waals surface area contributed by atoms with Crippen LogP contribution in [0, 0.1) is 6.92 Å². The summed E-state index contributed by atoms with van der Waals surface area (Å²) in [6.45, 7) is 5.79. The van der Waals surface area contributed by atoms with Gasteiger partial charge in [0.15, 0.2) is 11.5 Å². The number of esters is 1. The molecule has 2 amide bonds. The van der Waals surface area contributed by atoms with Gasteiger partial charge in [0.1, 0.15) is 5.00 Å². The number of rotatable bonds is 9. The lowest BCUT2D eigenvalue weighted by Gasteiger charge is -2.09. The molecule has 0 saturated carbocycles. The number of nitrogens with one attached hydrogen (secondary N) is 1. The van der Waals surface area contributed by atoms with E-state index in [-0.39, 0.29) is 22.0 Å². The minimum atomic E-state index is -0.680. The van der Waals surface area contributed by atoms with Crippen LogP contribution in [0.3, 0.4) is 0 Å². The van der Waals surface area contributed by atoms with Crippen molar-refractivity contribution >= 4 is 40.2 Å². The molecule has 1 aromatic heterocycles. The first-order valence-corrected chi connectivity index (χ1v) is 10.0. The van der Waals surface area contributed by atoms with Gasteiger partial charge in [-0.05, 0) is 50.1 Å². The third-order valence-electron chi connectivity index (χ3n) is 4.00. The molecule has 0 fully saturated rings. The molecule has 2 aromatic rings. The Bertz CT molecular complexity index is 980. The average Bonchev–Trinajstić information content (AvgIpc) is 3.03. The van der Waals surface area contributed by atoms with E-state index >= 15 is 0 Å². The molecule has 0 aliphatic heterocycles. The van der Waals surface area contributed by atoms with Gasteiger partial charge in [-0.15, -0.1) is 11.3 Å². The average molecular weight is 432 g/mol. The van der Waals surface area contributed by atoms with Crippen molar-refractivity contribution in [3.8, 4) is 11.5 Å². The number of methoxy groups -OCH3 is 1. The van der Waals surface area contributed by atoms with Crippen molar-refractivity contribution in [2.45, 2.75) is 20.8 Å². The van der Waals surface area contributed by atoms with E-state index in [9.17, 15) is 14.4 Å². The molecule has 3 N–H and O–H groups in total. The van der Waals surface area contributed by atoms with Crippen LogP contribution in [0.4, 0.5) is 5.00 Å². The molecule has 8 nitrogen and oxygen atoms in total. The Balaban J connectivity index is 2.24. The standard InChI is InChI=1S/C21H24N2O6S/c1-5-28-14-9-7-13(11-15(14)27-4)8-10-16(24)23-20-17(21(26)29-6-2)12(3)18(30-20)19(22)25/h7-11H,5-6H2,1-4H3,(H2,22,25)(H,23,24)/b10-8+. The largest absolute Gasteiger partial charge is 0.493 e. The Labute approximate surface area is 178 Å². The Kier molecular flexibility index (Phi) is 7.99. The lowest BCUT2D eigenvalue weighted by Crippen LogP contribution is -2.13. The molecular weight excluding hydrogens is 408 g/mol. The maximum atomic E-state index is 12.4. The minimum absolute atomic E-state index is 0.125. The van der Waals surface area contributed by atoms with Crippen molar-refractivity contribution < 1.29 is 28.6 Å². The first-order chi connectivity index (χ1) is 14.3. The molecule has 0 bridgehead atoms. The number of primary amides is 1. The highest BCUT2D eigenvalue weighted by Crippen LogP contribution is 2.33. The second kappa shape index (κ2) is 10.4. The van der Waals surface area contributed by atoms with E-state index in [1.165, 1.54) is 13.2 Å². The SMILES string of the molecule is CCOC(=O)c1c(NC(=O)/C=C/c2ccc(OCC)c(OC)c2)sc(C(N)=O)c1C. The highest BCUT2D eigenvalue weighted by Gasteiger charge is 2.25. The maximum Gasteiger partial charge on any atom is 0.341 e. The van der Waals surface area contributed by atoms with Crippen molar-refractivity contribution in [3.05, 3.63) is 45.8 Å². The number of carbonyl (C=O) groups is 3. The van der Waals surface area contributed by atoms with Crippen LogP contribution >= 0.6 is 11.3 Å². The first-order valence-electron chi connectivity index (χ1n) is 9.22. The minimum Gasteiger partial charge on any atom is -0.493 e. The number of benzene rings is 1. The van der Waals surface area contributed by atoms with Crippen LogP contribution in [0.15, 0.2) is 24.3 Å². The Morgan fingerprint density at radius 2 is 1.90 bits per heavy atom. The summed E-state index contributed by atoms with van der Waals surface area (Å²) in [6.07, 6.45) is 2.90. The first kappa shape index (κ1) is 23.0. The molecule has 0 spiro atoms. The molecule has 2 rings (SSSR count). The van der Waals surface area contributed by atoms with Crippen molar-refractivity contribution in [3.63, 3.8) is 0 Å². The van der Waals surface area contributed by atoms with Gasteiger partial charge >= 0.3 is 5.97 Å². The maximum absolute atomic E-state index is 12.4. The van der Waals surface area contributed by atoms with Gasteiger partial charge in [-0.3, -0.25) is 9.59 Å². The summed E-state index contributed by atoms with van der Waals surface area (Å²) in [5.74, 6) is -0.641. The molecule has 9 heteroatoms. The van der Waals surface area contributed by atoms with Gasteiger partial charge in [0, 0.05) is 6.08 Å². The van der Waals surface area contributed by atoms with Crippen LogP contribution in [0.25, 0.3) is 6.08 Å². The van der Waals surface area contributed by atoms with Crippen LogP contribution in [0.1, 0.15) is 45.0 Å². The van der Waals surface area contributed by atoms with E-state index in [4.69, 9.17) is 19.9 Å². The zero-order valence-corrected chi connectivity index (χ0v) is 18.1. The van der Waals surface area contributed by atoms with Gasteiger partial charge in [0.05, 0.1) is 30.8 Å². The van der Waals surface area contributed by atoms with Gasteiger partial charge in [0.25, 0.3) is 5.91 Å². The molecule has 0 aliphatic carbocycles. The molecular formula is C21H24N2O6S. The third kappa shape index (κ3) is 5.38. The Morgan fingerprint density at radius 3 is 2.50 bits per heavy atom. The summed E-state index contributed by atoms with van der Waals surface area (Å²) in [6, 6.07) is 5.27. The van der Waals surface area contributed by atoms with Gasteiger partial charge in [-0.2, -0.15) is 0 Å². The highest BCUT2D eigenvalue weighted by molar-refractivity contribution is 7.18. The van der Waals surface area contributed by atoms with E-state index in [1.54, 1.807) is 38.1 Å². The lowest BCUT2D eigenvalue weighted by molar-refractivity contribution is -0.111. The van der Waals surface area contributed by atoms with E-state index < -0.39 is 17.8 Å². The number of amides is 2. The predicted octanol–water partition coefficient (Wildman–Crippen LogP) is 3.39. The molecule has 0 unspecified atom stereocenters. The zero-order chi connectivity index (χ0) is 22.3. The second-order valence-electron chi connectivity index (χ2n) is 6.01. The highest BCUT2D eigenvalue weighted by atomic mass is 32.1. The molecule has 0 saturated heterocycles.